The van der Waals surface area contributed by atoms with Crippen molar-refractivity contribution in [2.45, 2.75) is 42.3 Å². The fourth-order valence-corrected chi connectivity index (χ4v) is 3.85. The van der Waals surface area contributed by atoms with E-state index in [-0.39, 0.29) is 5.75 Å². The van der Waals surface area contributed by atoms with Gasteiger partial charge >= 0.3 is 6.36 Å². The molecule has 0 unspecified atom stereocenters. The Morgan fingerprint density at radius 1 is 0.897 bits per heavy atom. The van der Waals surface area contributed by atoms with Gasteiger partial charge in [0.2, 0.25) is 0 Å². The van der Waals surface area contributed by atoms with Crippen molar-refractivity contribution in [3.05, 3.63) is 89.2 Å². The maximum Gasteiger partial charge on any atom is 0.573 e. The van der Waals surface area contributed by atoms with Crippen molar-refractivity contribution in [2.24, 2.45) is 0 Å². The molecule has 29 heavy (non-hydrogen) atoms. The summed E-state index contributed by atoms with van der Waals surface area (Å²) in [5.74, 6) is -0.336. The summed E-state index contributed by atoms with van der Waals surface area (Å²) in [5.41, 5.74) is 3.03. The molecule has 0 atom stereocenters. The molecule has 1 nitrogen and oxygen atoms in total. The molecule has 0 saturated heterocycles. The number of ether oxygens (including phenoxy) is 1. The molecular formula is C23H20F4OS. The highest BCUT2D eigenvalue weighted by molar-refractivity contribution is 7.99. The number of alkyl halides is 3. The first-order chi connectivity index (χ1) is 13.7. The van der Waals surface area contributed by atoms with Gasteiger partial charge in [0, 0.05) is 9.79 Å². The van der Waals surface area contributed by atoms with Crippen LogP contribution in [0.25, 0.3) is 0 Å². The lowest BCUT2D eigenvalue weighted by Crippen LogP contribution is -2.17. The first kappa shape index (κ1) is 21.2. The third kappa shape index (κ3) is 6.00. The van der Waals surface area contributed by atoms with Gasteiger partial charge in [0.05, 0.1) is 0 Å². The molecule has 0 radical (unpaired) electrons. The molecule has 0 aliphatic heterocycles. The molecule has 3 aromatic carbocycles. The van der Waals surface area contributed by atoms with E-state index in [0.29, 0.717) is 22.1 Å². The standard InChI is InChI=1S/C23H20F4OS/c1-15(2)17-9-7-16(8-10-17)13-18-11-12-19(28-23(25,26)27)14-22(18)29-21-6-4-3-5-20(21)24/h3-12,14-15H,13H2,1-2H3. The summed E-state index contributed by atoms with van der Waals surface area (Å²) in [6.45, 7) is 4.22. The van der Waals surface area contributed by atoms with Gasteiger partial charge in [-0.15, -0.1) is 13.2 Å². The van der Waals surface area contributed by atoms with Gasteiger partial charge in [0.1, 0.15) is 11.6 Å². The molecule has 0 heterocycles. The molecule has 0 saturated carbocycles. The van der Waals surface area contributed by atoms with Crippen molar-refractivity contribution >= 4 is 11.8 Å². The zero-order valence-electron chi connectivity index (χ0n) is 16.0. The van der Waals surface area contributed by atoms with Gasteiger partial charge in [0.15, 0.2) is 0 Å². The average Bonchev–Trinajstić information content (AvgIpc) is 2.65. The van der Waals surface area contributed by atoms with E-state index in [9.17, 15) is 17.6 Å². The zero-order valence-corrected chi connectivity index (χ0v) is 16.8. The summed E-state index contributed by atoms with van der Waals surface area (Å²) in [6, 6.07) is 18.5. The molecule has 0 aliphatic rings. The number of rotatable bonds is 6. The van der Waals surface area contributed by atoms with Crippen molar-refractivity contribution in [1.29, 1.82) is 0 Å². The lowest BCUT2D eigenvalue weighted by Gasteiger charge is -2.14. The van der Waals surface area contributed by atoms with Crippen molar-refractivity contribution in [1.82, 2.24) is 0 Å². The first-order valence-electron chi connectivity index (χ1n) is 9.11. The van der Waals surface area contributed by atoms with E-state index < -0.39 is 12.2 Å². The molecule has 0 aromatic heterocycles. The van der Waals surface area contributed by atoms with Crippen molar-refractivity contribution < 1.29 is 22.3 Å². The fourth-order valence-electron chi connectivity index (χ4n) is 2.86. The molecule has 0 N–H and O–H groups in total. The molecule has 0 fully saturated rings. The smallest absolute Gasteiger partial charge is 0.406 e. The van der Waals surface area contributed by atoms with Gasteiger partial charge in [0.25, 0.3) is 0 Å². The van der Waals surface area contributed by atoms with E-state index in [0.717, 1.165) is 22.9 Å². The lowest BCUT2D eigenvalue weighted by atomic mass is 9.99. The Morgan fingerprint density at radius 2 is 1.59 bits per heavy atom. The number of halogens is 4. The highest BCUT2D eigenvalue weighted by Crippen LogP contribution is 2.36. The van der Waals surface area contributed by atoms with Gasteiger partial charge in [-0.2, -0.15) is 0 Å². The fraction of sp³-hybridized carbons (Fsp3) is 0.217. The number of hydrogen-bond acceptors (Lipinski definition) is 2. The van der Waals surface area contributed by atoms with Crippen LogP contribution in [0.5, 0.6) is 5.75 Å². The van der Waals surface area contributed by atoms with E-state index in [4.69, 9.17) is 0 Å². The summed E-state index contributed by atoms with van der Waals surface area (Å²) < 4.78 is 56.0. The van der Waals surface area contributed by atoms with Gasteiger partial charge in [-0.3, -0.25) is 0 Å². The molecule has 3 rings (SSSR count). The molecule has 0 spiro atoms. The quantitative estimate of drug-likeness (QED) is 0.380. The van der Waals surface area contributed by atoms with Crippen LogP contribution in [0.1, 0.15) is 36.5 Å². The van der Waals surface area contributed by atoms with Gasteiger partial charge in [-0.05, 0) is 53.3 Å². The largest absolute Gasteiger partial charge is 0.573 e. The Kier molecular flexibility index (Phi) is 6.52. The van der Waals surface area contributed by atoms with Crippen LogP contribution in [0.4, 0.5) is 17.6 Å². The van der Waals surface area contributed by atoms with Crippen LogP contribution in [0.3, 0.4) is 0 Å². The molecule has 0 aliphatic carbocycles. The van der Waals surface area contributed by atoms with E-state index in [2.05, 4.69) is 18.6 Å². The van der Waals surface area contributed by atoms with Gasteiger partial charge in [-0.1, -0.05) is 68.1 Å². The summed E-state index contributed by atoms with van der Waals surface area (Å²) in [5, 5.41) is 0. The van der Waals surface area contributed by atoms with Crippen LogP contribution < -0.4 is 4.74 Å². The molecule has 6 heteroatoms. The minimum absolute atomic E-state index is 0.324. The predicted octanol–water partition coefficient (Wildman–Crippen LogP) is 7.59. The second-order valence-electron chi connectivity index (χ2n) is 6.92. The van der Waals surface area contributed by atoms with Crippen LogP contribution in [-0.4, -0.2) is 6.36 Å². The first-order valence-corrected chi connectivity index (χ1v) is 9.93. The van der Waals surface area contributed by atoms with Crippen LogP contribution >= 0.6 is 11.8 Å². The highest BCUT2D eigenvalue weighted by atomic mass is 32.2. The second kappa shape index (κ2) is 8.91. The highest BCUT2D eigenvalue weighted by Gasteiger charge is 2.31. The summed E-state index contributed by atoms with van der Waals surface area (Å²) in [7, 11) is 0. The van der Waals surface area contributed by atoms with E-state index in [1.807, 2.05) is 24.3 Å². The molecule has 152 valence electrons. The Labute approximate surface area is 171 Å². The SMILES string of the molecule is CC(C)c1ccc(Cc2ccc(OC(F)(F)F)cc2Sc2ccccc2F)cc1. The van der Waals surface area contributed by atoms with Gasteiger partial charge in [-0.25, -0.2) is 4.39 Å². The summed E-state index contributed by atoms with van der Waals surface area (Å²) in [6.07, 6.45) is -4.27. The Balaban J connectivity index is 1.93. The third-order valence-electron chi connectivity index (χ3n) is 4.37. The third-order valence-corrected chi connectivity index (χ3v) is 5.52. The zero-order chi connectivity index (χ0) is 21.0. The predicted molar refractivity (Wildman–Crippen MR) is 107 cm³/mol. The number of hydrogen-bond donors (Lipinski definition) is 0. The van der Waals surface area contributed by atoms with Crippen LogP contribution in [0.15, 0.2) is 76.5 Å². The van der Waals surface area contributed by atoms with Crippen molar-refractivity contribution in [3.63, 3.8) is 0 Å². The van der Waals surface area contributed by atoms with Gasteiger partial charge < -0.3 is 4.74 Å². The van der Waals surface area contributed by atoms with Crippen LogP contribution in [0, 0.1) is 5.82 Å². The minimum Gasteiger partial charge on any atom is -0.406 e. The average molecular weight is 420 g/mol. The van der Waals surface area contributed by atoms with E-state index in [1.165, 1.54) is 23.8 Å². The summed E-state index contributed by atoms with van der Waals surface area (Å²) >= 11 is 1.09. The lowest BCUT2D eigenvalue weighted by molar-refractivity contribution is -0.274. The summed E-state index contributed by atoms with van der Waals surface area (Å²) in [4.78, 5) is 0.859. The second-order valence-corrected chi connectivity index (χ2v) is 8.01. The van der Waals surface area contributed by atoms with Crippen LogP contribution in [-0.2, 0) is 6.42 Å². The topological polar surface area (TPSA) is 9.23 Å². The monoisotopic (exact) mass is 420 g/mol. The molecule has 0 bridgehead atoms. The van der Waals surface area contributed by atoms with Crippen molar-refractivity contribution in [3.8, 4) is 5.75 Å². The molecule has 0 amide bonds. The molecular weight excluding hydrogens is 400 g/mol. The maximum atomic E-state index is 14.1. The normalized spacial score (nSPS) is 11.7. The Bertz CT molecular complexity index is 965. The van der Waals surface area contributed by atoms with Crippen LogP contribution in [0.2, 0.25) is 0 Å². The minimum atomic E-state index is -4.78. The van der Waals surface area contributed by atoms with E-state index >= 15 is 0 Å². The molecule has 3 aromatic rings. The Hall–Kier alpha value is -2.47. The maximum absolute atomic E-state index is 14.1. The van der Waals surface area contributed by atoms with Crippen molar-refractivity contribution in [2.75, 3.05) is 0 Å². The van der Waals surface area contributed by atoms with E-state index in [1.54, 1.807) is 24.3 Å². The number of benzene rings is 3. The Morgan fingerprint density at radius 3 is 2.21 bits per heavy atom.